The van der Waals surface area contributed by atoms with Gasteiger partial charge in [-0.25, -0.2) is 4.79 Å². The Morgan fingerprint density at radius 1 is 1.00 bits per heavy atom. The SMILES string of the molecule is COc1ccc(OC(=O)c2ccc(C)cc2)cc1C. The van der Waals surface area contributed by atoms with Crippen LogP contribution in [-0.4, -0.2) is 13.1 Å². The number of methoxy groups -OCH3 is 1. The standard InChI is InChI=1S/C16H16O3/c1-11-4-6-13(7-5-11)16(17)19-14-8-9-15(18-3)12(2)10-14/h4-10H,1-3H3. The van der Waals surface area contributed by atoms with Crippen molar-refractivity contribution in [3.05, 3.63) is 59.2 Å². The highest BCUT2D eigenvalue weighted by atomic mass is 16.5. The first-order valence-electron chi connectivity index (χ1n) is 6.03. The summed E-state index contributed by atoms with van der Waals surface area (Å²) in [5.74, 6) is 0.934. The van der Waals surface area contributed by atoms with Crippen LogP contribution in [0.25, 0.3) is 0 Å². The van der Waals surface area contributed by atoms with E-state index in [1.165, 1.54) is 0 Å². The van der Waals surface area contributed by atoms with Crippen molar-refractivity contribution in [3.8, 4) is 11.5 Å². The lowest BCUT2D eigenvalue weighted by atomic mass is 10.1. The third-order valence-corrected chi connectivity index (χ3v) is 2.86. The van der Waals surface area contributed by atoms with E-state index in [-0.39, 0.29) is 5.97 Å². The van der Waals surface area contributed by atoms with Crippen molar-refractivity contribution in [2.75, 3.05) is 7.11 Å². The summed E-state index contributed by atoms with van der Waals surface area (Å²) in [6.07, 6.45) is 0. The molecule has 0 unspecified atom stereocenters. The predicted molar refractivity (Wildman–Crippen MR) is 73.9 cm³/mol. The maximum atomic E-state index is 11.9. The van der Waals surface area contributed by atoms with Gasteiger partial charge in [-0.3, -0.25) is 0 Å². The van der Waals surface area contributed by atoms with Crippen molar-refractivity contribution in [1.29, 1.82) is 0 Å². The zero-order chi connectivity index (χ0) is 13.8. The molecule has 0 amide bonds. The van der Waals surface area contributed by atoms with Gasteiger partial charge < -0.3 is 9.47 Å². The van der Waals surface area contributed by atoms with Crippen molar-refractivity contribution in [2.24, 2.45) is 0 Å². The molecule has 0 atom stereocenters. The second-order valence-electron chi connectivity index (χ2n) is 4.39. The summed E-state index contributed by atoms with van der Waals surface area (Å²) in [6.45, 7) is 3.88. The molecule has 0 aromatic heterocycles. The molecule has 3 nitrogen and oxygen atoms in total. The van der Waals surface area contributed by atoms with Crippen LogP contribution in [0.1, 0.15) is 21.5 Å². The Morgan fingerprint density at radius 2 is 1.68 bits per heavy atom. The molecule has 3 heteroatoms. The summed E-state index contributed by atoms with van der Waals surface area (Å²) in [7, 11) is 1.61. The first-order chi connectivity index (χ1) is 9.10. The molecule has 0 heterocycles. The van der Waals surface area contributed by atoms with Gasteiger partial charge in [-0.15, -0.1) is 0 Å². The highest BCUT2D eigenvalue weighted by Gasteiger charge is 2.09. The van der Waals surface area contributed by atoms with E-state index in [9.17, 15) is 4.79 Å². The molecule has 98 valence electrons. The van der Waals surface area contributed by atoms with Crippen LogP contribution in [0.2, 0.25) is 0 Å². The van der Waals surface area contributed by atoms with Crippen LogP contribution in [0, 0.1) is 13.8 Å². The number of carbonyl (C=O) groups is 1. The number of hydrogen-bond donors (Lipinski definition) is 0. The van der Waals surface area contributed by atoms with Gasteiger partial charge in [-0.05, 0) is 49.7 Å². The van der Waals surface area contributed by atoms with Gasteiger partial charge in [0.15, 0.2) is 0 Å². The number of ether oxygens (including phenoxy) is 2. The summed E-state index contributed by atoms with van der Waals surface area (Å²) in [5, 5.41) is 0. The summed E-state index contributed by atoms with van der Waals surface area (Å²) in [6, 6.07) is 12.6. The van der Waals surface area contributed by atoms with Gasteiger partial charge in [0.2, 0.25) is 0 Å². The average molecular weight is 256 g/mol. The summed E-state index contributed by atoms with van der Waals surface area (Å²) in [5.41, 5.74) is 2.58. The van der Waals surface area contributed by atoms with Gasteiger partial charge >= 0.3 is 5.97 Å². The van der Waals surface area contributed by atoms with E-state index in [2.05, 4.69) is 0 Å². The average Bonchev–Trinajstić information content (AvgIpc) is 2.39. The number of esters is 1. The van der Waals surface area contributed by atoms with Crippen LogP contribution in [0.4, 0.5) is 0 Å². The number of rotatable bonds is 3. The second-order valence-corrected chi connectivity index (χ2v) is 4.39. The Kier molecular flexibility index (Phi) is 3.85. The highest BCUT2D eigenvalue weighted by Crippen LogP contribution is 2.23. The fourth-order valence-corrected chi connectivity index (χ4v) is 1.77. The molecule has 0 aliphatic carbocycles. The fraction of sp³-hybridized carbons (Fsp3) is 0.188. The lowest BCUT2D eigenvalue weighted by Gasteiger charge is -2.08. The molecule has 0 aliphatic rings. The molecule has 19 heavy (non-hydrogen) atoms. The molecule has 0 N–H and O–H groups in total. The van der Waals surface area contributed by atoms with Gasteiger partial charge in [0.1, 0.15) is 11.5 Å². The quantitative estimate of drug-likeness (QED) is 0.622. The second kappa shape index (κ2) is 5.57. The Morgan fingerprint density at radius 3 is 2.26 bits per heavy atom. The van der Waals surface area contributed by atoms with Gasteiger partial charge in [-0.1, -0.05) is 17.7 Å². The third kappa shape index (κ3) is 3.13. The molecule has 2 aromatic carbocycles. The van der Waals surface area contributed by atoms with Crippen LogP contribution >= 0.6 is 0 Å². The van der Waals surface area contributed by atoms with E-state index < -0.39 is 0 Å². The van der Waals surface area contributed by atoms with Crippen molar-refractivity contribution in [1.82, 2.24) is 0 Å². The lowest BCUT2D eigenvalue weighted by Crippen LogP contribution is -2.08. The zero-order valence-corrected chi connectivity index (χ0v) is 11.3. The molecule has 0 saturated heterocycles. The van der Waals surface area contributed by atoms with E-state index in [4.69, 9.17) is 9.47 Å². The van der Waals surface area contributed by atoms with Crippen molar-refractivity contribution in [2.45, 2.75) is 13.8 Å². The van der Waals surface area contributed by atoms with Crippen molar-refractivity contribution in [3.63, 3.8) is 0 Å². The van der Waals surface area contributed by atoms with E-state index in [0.717, 1.165) is 16.9 Å². The van der Waals surface area contributed by atoms with Crippen LogP contribution in [0.3, 0.4) is 0 Å². The molecular weight excluding hydrogens is 240 g/mol. The Labute approximate surface area is 112 Å². The minimum atomic E-state index is -0.357. The number of hydrogen-bond acceptors (Lipinski definition) is 3. The lowest BCUT2D eigenvalue weighted by molar-refractivity contribution is 0.0734. The monoisotopic (exact) mass is 256 g/mol. The van der Waals surface area contributed by atoms with E-state index >= 15 is 0 Å². The molecule has 0 spiro atoms. The number of benzene rings is 2. The molecule has 2 aromatic rings. The molecule has 0 fully saturated rings. The molecule has 0 radical (unpaired) electrons. The van der Waals surface area contributed by atoms with E-state index in [1.807, 2.05) is 26.0 Å². The maximum Gasteiger partial charge on any atom is 0.343 e. The third-order valence-electron chi connectivity index (χ3n) is 2.86. The largest absolute Gasteiger partial charge is 0.496 e. The maximum absolute atomic E-state index is 11.9. The van der Waals surface area contributed by atoms with Crippen LogP contribution in [0.15, 0.2) is 42.5 Å². The highest BCUT2D eigenvalue weighted by molar-refractivity contribution is 5.91. The van der Waals surface area contributed by atoms with E-state index in [0.29, 0.717) is 11.3 Å². The summed E-state index contributed by atoms with van der Waals surface area (Å²) < 4.78 is 10.5. The first-order valence-corrected chi connectivity index (χ1v) is 6.03. The summed E-state index contributed by atoms with van der Waals surface area (Å²) >= 11 is 0. The smallest absolute Gasteiger partial charge is 0.343 e. The molecule has 0 bridgehead atoms. The number of carbonyl (C=O) groups excluding carboxylic acids is 1. The Bertz CT molecular complexity index is 585. The van der Waals surface area contributed by atoms with Crippen LogP contribution in [0.5, 0.6) is 11.5 Å². The topological polar surface area (TPSA) is 35.5 Å². The molecule has 0 aliphatic heterocycles. The minimum Gasteiger partial charge on any atom is -0.496 e. The van der Waals surface area contributed by atoms with Gasteiger partial charge in [0.05, 0.1) is 12.7 Å². The fourth-order valence-electron chi connectivity index (χ4n) is 1.77. The molecule has 0 saturated carbocycles. The first kappa shape index (κ1) is 13.1. The molecular formula is C16H16O3. The van der Waals surface area contributed by atoms with Gasteiger partial charge in [-0.2, -0.15) is 0 Å². The predicted octanol–water partition coefficient (Wildman–Crippen LogP) is 3.53. The Hall–Kier alpha value is -2.29. The van der Waals surface area contributed by atoms with Crippen molar-refractivity contribution < 1.29 is 14.3 Å². The Balaban J connectivity index is 2.14. The van der Waals surface area contributed by atoms with Crippen LogP contribution in [-0.2, 0) is 0 Å². The zero-order valence-electron chi connectivity index (χ0n) is 11.3. The number of aryl methyl sites for hydroxylation is 2. The van der Waals surface area contributed by atoms with E-state index in [1.54, 1.807) is 37.4 Å². The summed E-state index contributed by atoms with van der Waals surface area (Å²) in [4.78, 5) is 11.9. The van der Waals surface area contributed by atoms with Gasteiger partial charge in [0, 0.05) is 0 Å². The molecule has 2 rings (SSSR count). The normalized spacial score (nSPS) is 10.1. The van der Waals surface area contributed by atoms with Gasteiger partial charge in [0.25, 0.3) is 0 Å². The van der Waals surface area contributed by atoms with Crippen molar-refractivity contribution >= 4 is 5.97 Å². The minimum absolute atomic E-state index is 0.357. The van der Waals surface area contributed by atoms with Crippen LogP contribution < -0.4 is 9.47 Å².